The van der Waals surface area contributed by atoms with Gasteiger partial charge in [-0.05, 0) is 135 Å². The Labute approximate surface area is 499 Å². The van der Waals surface area contributed by atoms with Gasteiger partial charge in [-0.25, -0.2) is 0 Å². The Balaban J connectivity index is 4.34. The van der Waals surface area contributed by atoms with Crippen molar-refractivity contribution in [2.24, 2.45) is 0 Å². The Morgan fingerprint density at radius 3 is 0.778 bits per heavy atom. The molecule has 0 aliphatic carbocycles. The van der Waals surface area contributed by atoms with Gasteiger partial charge in [0.25, 0.3) is 0 Å². The zero-order valence-corrected chi connectivity index (χ0v) is 52.5. The first-order valence-electron chi connectivity index (χ1n) is 33.3. The molecule has 0 saturated carbocycles. The van der Waals surface area contributed by atoms with Gasteiger partial charge in [0.1, 0.15) is 13.2 Å². The number of carbonyl (C=O) groups is 3. The van der Waals surface area contributed by atoms with E-state index >= 15 is 0 Å². The topological polar surface area (TPSA) is 78.9 Å². The van der Waals surface area contributed by atoms with E-state index in [1.807, 2.05) is 0 Å². The fourth-order valence-corrected chi connectivity index (χ4v) is 8.89. The van der Waals surface area contributed by atoms with Crippen molar-refractivity contribution in [3.8, 4) is 0 Å². The fraction of sp³-hybridized carbons (Fsp3) is 0.640. The summed E-state index contributed by atoms with van der Waals surface area (Å²) in [5.41, 5.74) is 0. The molecular formula is C75H122O6. The van der Waals surface area contributed by atoms with Crippen molar-refractivity contribution in [3.63, 3.8) is 0 Å². The van der Waals surface area contributed by atoms with Crippen molar-refractivity contribution in [3.05, 3.63) is 146 Å². The van der Waals surface area contributed by atoms with Gasteiger partial charge in [-0.1, -0.05) is 282 Å². The summed E-state index contributed by atoms with van der Waals surface area (Å²) in [4.78, 5) is 38.3. The van der Waals surface area contributed by atoms with E-state index < -0.39 is 6.10 Å². The van der Waals surface area contributed by atoms with Crippen LogP contribution in [0.25, 0.3) is 0 Å². The maximum atomic E-state index is 12.9. The van der Waals surface area contributed by atoms with Gasteiger partial charge in [-0.3, -0.25) is 14.4 Å². The number of hydrogen-bond acceptors (Lipinski definition) is 6. The van der Waals surface area contributed by atoms with E-state index in [0.29, 0.717) is 19.3 Å². The van der Waals surface area contributed by atoms with Crippen LogP contribution in [0.15, 0.2) is 146 Å². The second kappa shape index (κ2) is 67.8. The van der Waals surface area contributed by atoms with Crippen LogP contribution in [0.3, 0.4) is 0 Å². The second-order valence-electron chi connectivity index (χ2n) is 21.6. The van der Waals surface area contributed by atoms with E-state index in [1.165, 1.54) is 96.3 Å². The average molecular weight is 1120 g/mol. The van der Waals surface area contributed by atoms with Crippen LogP contribution < -0.4 is 0 Å². The summed E-state index contributed by atoms with van der Waals surface area (Å²) in [6.07, 6.45) is 97.3. The highest BCUT2D eigenvalue weighted by molar-refractivity contribution is 5.71. The smallest absolute Gasteiger partial charge is 0.306 e. The van der Waals surface area contributed by atoms with Crippen LogP contribution in [0.4, 0.5) is 0 Å². The molecule has 6 heteroatoms. The molecule has 0 aromatic rings. The zero-order valence-electron chi connectivity index (χ0n) is 52.5. The van der Waals surface area contributed by atoms with Crippen LogP contribution in [0.5, 0.6) is 0 Å². The summed E-state index contributed by atoms with van der Waals surface area (Å²) < 4.78 is 16.9. The molecule has 0 N–H and O–H groups in total. The lowest BCUT2D eigenvalue weighted by atomic mass is 10.0. The van der Waals surface area contributed by atoms with Gasteiger partial charge in [-0.15, -0.1) is 0 Å². The summed E-state index contributed by atoms with van der Waals surface area (Å²) in [6, 6.07) is 0. The zero-order chi connectivity index (χ0) is 58.5. The number of esters is 3. The predicted octanol–water partition coefficient (Wildman–Crippen LogP) is 23.1. The highest BCUT2D eigenvalue weighted by Crippen LogP contribution is 2.16. The Morgan fingerprint density at radius 1 is 0.259 bits per heavy atom. The number of unbranched alkanes of at least 4 members (excludes halogenated alkanes) is 24. The molecule has 0 radical (unpaired) electrons. The van der Waals surface area contributed by atoms with Gasteiger partial charge in [0.15, 0.2) is 6.10 Å². The number of hydrogen-bond donors (Lipinski definition) is 0. The largest absolute Gasteiger partial charge is 0.462 e. The van der Waals surface area contributed by atoms with Gasteiger partial charge in [0.2, 0.25) is 0 Å². The van der Waals surface area contributed by atoms with Crippen LogP contribution in [0.2, 0.25) is 0 Å². The molecule has 0 fully saturated rings. The molecule has 0 amide bonds. The molecule has 1 unspecified atom stereocenters. The maximum absolute atomic E-state index is 12.9. The lowest BCUT2D eigenvalue weighted by Crippen LogP contribution is -2.30. The first-order chi connectivity index (χ1) is 40.0. The predicted molar refractivity (Wildman–Crippen MR) is 352 cm³/mol. The first kappa shape index (κ1) is 76.3. The van der Waals surface area contributed by atoms with Crippen molar-refractivity contribution in [2.75, 3.05) is 13.2 Å². The van der Waals surface area contributed by atoms with E-state index in [-0.39, 0.29) is 37.5 Å². The van der Waals surface area contributed by atoms with Crippen LogP contribution >= 0.6 is 0 Å². The standard InChI is InChI=1S/C75H122O6/c1-4-7-10-13-16-19-22-25-27-29-31-33-34-35-36-37-38-39-40-42-43-45-47-50-53-56-59-62-65-68-74(77)80-71-72(70-79-73(76)67-64-61-58-55-52-49-24-21-18-15-12-9-6-3)81-75(78)69-66-63-60-57-54-51-48-46-44-41-32-30-28-26-23-20-17-14-11-8-5-2/h7-8,10-12,15-17,19-21,24-28,31-33,41,46,48,54,57,72H,4-6,9,13-14,18,22-23,29-30,34-40,42-45,47,49-53,55-56,58-71H2,1-3H3/b10-7-,11-8-,15-12-,19-16-,20-17-,24-21-,27-25-,28-26-,33-31-,41-32-,48-46-,57-54-. The molecule has 1 atom stereocenters. The summed E-state index contributed by atoms with van der Waals surface area (Å²) in [6.45, 7) is 6.31. The molecular weight excluding hydrogens is 997 g/mol. The van der Waals surface area contributed by atoms with E-state index in [0.717, 1.165) is 148 Å². The van der Waals surface area contributed by atoms with Crippen molar-refractivity contribution < 1.29 is 28.6 Å². The minimum Gasteiger partial charge on any atom is -0.462 e. The second-order valence-corrected chi connectivity index (χ2v) is 21.6. The van der Waals surface area contributed by atoms with E-state index in [9.17, 15) is 14.4 Å². The third kappa shape index (κ3) is 66.0. The summed E-state index contributed by atoms with van der Waals surface area (Å²) >= 11 is 0. The van der Waals surface area contributed by atoms with Gasteiger partial charge < -0.3 is 14.2 Å². The van der Waals surface area contributed by atoms with Gasteiger partial charge in [-0.2, -0.15) is 0 Å². The Bertz CT molecular complexity index is 1760. The minimum atomic E-state index is -0.813. The maximum Gasteiger partial charge on any atom is 0.306 e. The molecule has 0 heterocycles. The van der Waals surface area contributed by atoms with E-state index in [1.54, 1.807) is 0 Å². The first-order valence-corrected chi connectivity index (χ1v) is 33.3. The Kier molecular flexibility index (Phi) is 63.9. The SMILES string of the molecule is CC/C=C\C/C=C\C/C=C\C/C=C\C/C=C\C/C=C\CCCCC(=O)OC(COC(=O)CCCCCCC/C=C\C/C=C\CCC)COC(=O)CCCCCCCCCCCCCCCCCC/C=C\C/C=C\C/C=C\C/C=C\CC. The molecule has 0 aromatic heterocycles. The van der Waals surface area contributed by atoms with Crippen LogP contribution in [-0.2, 0) is 28.6 Å². The minimum absolute atomic E-state index is 0.104. The van der Waals surface area contributed by atoms with Crippen molar-refractivity contribution in [1.29, 1.82) is 0 Å². The molecule has 0 aliphatic rings. The van der Waals surface area contributed by atoms with Crippen LogP contribution in [-0.4, -0.2) is 37.2 Å². The normalized spacial score (nSPS) is 13.1. The van der Waals surface area contributed by atoms with E-state index in [2.05, 4.69) is 167 Å². The highest BCUT2D eigenvalue weighted by atomic mass is 16.6. The van der Waals surface area contributed by atoms with E-state index in [4.69, 9.17) is 14.2 Å². The number of ether oxygens (including phenoxy) is 3. The molecule has 6 nitrogen and oxygen atoms in total. The third-order valence-electron chi connectivity index (χ3n) is 13.8. The molecule has 0 rings (SSSR count). The third-order valence-corrected chi connectivity index (χ3v) is 13.8. The van der Waals surface area contributed by atoms with Crippen LogP contribution in [0.1, 0.15) is 290 Å². The fourth-order valence-electron chi connectivity index (χ4n) is 8.89. The number of allylic oxidation sites excluding steroid dienone is 24. The molecule has 81 heavy (non-hydrogen) atoms. The van der Waals surface area contributed by atoms with Crippen molar-refractivity contribution in [1.82, 2.24) is 0 Å². The average Bonchev–Trinajstić information content (AvgIpc) is 3.46. The summed E-state index contributed by atoms with van der Waals surface area (Å²) in [5, 5.41) is 0. The highest BCUT2D eigenvalue weighted by Gasteiger charge is 2.19. The quantitative estimate of drug-likeness (QED) is 0.0261. The van der Waals surface area contributed by atoms with Crippen LogP contribution in [0, 0.1) is 0 Å². The molecule has 0 aromatic carbocycles. The molecule has 0 saturated heterocycles. The molecule has 0 aliphatic heterocycles. The Morgan fingerprint density at radius 2 is 0.481 bits per heavy atom. The van der Waals surface area contributed by atoms with Crippen molar-refractivity contribution >= 4 is 17.9 Å². The summed E-state index contributed by atoms with van der Waals surface area (Å²) in [7, 11) is 0. The lowest BCUT2D eigenvalue weighted by molar-refractivity contribution is -0.167. The monoisotopic (exact) mass is 1120 g/mol. The Hall–Kier alpha value is -4.71. The molecule has 0 bridgehead atoms. The van der Waals surface area contributed by atoms with Gasteiger partial charge in [0, 0.05) is 19.3 Å². The summed E-state index contributed by atoms with van der Waals surface area (Å²) in [5.74, 6) is -0.960. The lowest BCUT2D eigenvalue weighted by Gasteiger charge is -2.18. The molecule has 0 spiro atoms. The molecule has 458 valence electrons. The van der Waals surface area contributed by atoms with Gasteiger partial charge in [0.05, 0.1) is 0 Å². The van der Waals surface area contributed by atoms with Crippen molar-refractivity contribution in [2.45, 2.75) is 297 Å². The number of rotatable bonds is 59. The van der Waals surface area contributed by atoms with Gasteiger partial charge >= 0.3 is 17.9 Å². The number of carbonyl (C=O) groups excluding carboxylic acids is 3.